The first-order chi connectivity index (χ1) is 15.3. The first kappa shape index (κ1) is 19.2. The van der Waals surface area contributed by atoms with Gasteiger partial charge in [-0.3, -0.25) is 4.79 Å². The van der Waals surface area contributed by atoms with Crippen molar-refractivity contribution in [2.24, 2.45) is 0 Å². The molecule has 1 unspecified atom stereocenters. The minimum absolute atomic E-state index is 0.0890. The number of aromatic amines is 1. The van der Waals surface area contributed by atoms with Crippen molar-refractivity contribution in [2.75, 3.05) is 0 Å². The minimum Gasteiger partial charge on any atom is -0.345 e. The molecule has 0 saturated carbocycles. The lowest BCUT2D eigenvalue weighted by Crippen LogP contribution is -2.29. The predicted octanol–water partition coefficient (Wildman–Crippen LogP) is 4.51. The smallest absolute Gasteiger partial charge is 0.227 e. The average molecular weight is 430 g/mol. The standard InChI is InChI=1S/C23H19N5O2S/c29-20(8-9-21-27-23(28-30-21)17-10-11-31-13-17)26-22(15-4-2-1-3-5-15)16-6-7-18-19(12-16)25-14-24-18/h1-7,10-14,22H,8-9H2,(H,24,25)(H,26,29). The van der Waals surface area contributed by atoms with Gasteiger partial charge in [0, 0.05) is 23.8 Å². The molecule has 5 aromatic rings. The van der Waals surface area contributed by atoms with Crippen LogP contribution in [0.5, 0.6) is 0 Å². The summed E-state index contributed by atoms with van der Waals surface area (Å²) in [4.78, 5) is 24.6. The van der Waals surface area contributed by atoms with Crippen LogP contribution < -0.4 is 5.32 Å². The van der Waals surface area contributed by atoms with Crippen molar-refractivity contribution < 1.29 is 9.32 Å². The van der Waals surface area contributed by atoms with Gasteiger partial charge in [-0.1, -0.05) is 41.6 Å². The minimum atomic E-state index is -0.273. The van der Waals surface area contributed by atoms with Gasteiger partial charge in [-0.25, -0.2) is 4.98 Å². The Kier molecular flexibility index (Phi) is 5.28. The van der Waals surface area contributed by atoms with Crippen LogP contribution in [0.25, 0.3) is 22.4 Å². The third-order valence-corrected chi connectivity index (χ3v) is 5.71. The second-order valence-corrected chi connectivity index (χ2v) is 7.89. The Bertz CT molecular complexity index is 1290. The predicted molar refractivity (Wildman–Crippen MR) is 118 cm³/mol. The SMILES string of the molecule is O=C(CCc1nc(-c2ccsc2)no1)NC(c1ccccc1)c1ccc2nc[nH]c2c1. The largest absolute Gasteiger partial charge is 0.345 e. The van der Waals surface area contributed by atoms with Crippen molar-refractivity contribution in [3.63, 3.8) is 0 Å². The Morgan fingerprint density at radius 3 is 2.87 bits per heavy atom. The number of amides is 1. The number of rotatable bonds is 7. The van der Waals surface area contributed by atoms with Crippen molar-refractivity contribution in [2.45, 2.75) is 18.9 Å². The van der Waals surface area contributed by atoms with E-state index in [2.05, 4.69) is 25.4 Å². The number of nitrogens with one attached hydrogen (secondary N) is 2. The molecule has 7 nitrogen and oxygen atoms in total. The molecule has 1 amide bonds. The summed E-state index contributed by atoms with van der Waals surface area (Å²) in [6.07, 6.45) is 2.30. The van der Waals surface area contributed by atoms with Gasteiger partial charge in [0.2, 0.25) is 17.6 Å². The van der Waals surface area contributed by atoms with E-state index < -0.39 is 0 Å². The van der Waals surface area contributed by atoms with Crippen molar-refractivity contribution in [1.82, 2.24) is 25.4 Å². The van der Waals surface area contributed by atoms with Crippen molar-refractivity contribution in [1.29, 1.82) is 0 Å². The molecule has 8 heteroatoms. The molecule has 0 radical (unpaired) electrons. The molecule has 0 aliphatic rings. The summed E-state index contributed by atoms with van der Waals surface area (Å²) < 4.78 is 5.30. The highest BCUT2D eigenvalue weighted by atomic mass is 32.1. The maximum absolute atomic E-state index is 12.8. The van der Waals surface area contributed by atoms with E-state index in [1.165, 1.54) is 0 Å². The number of hydrogen-bond acceptors (Lipinski definition) is 6. The van der Waals surface area contributed by atoms with E-state index in [1.807, 2.05) is 65.4 Å². The maximum atomic E-state index is 12.8. The van der Waals surface area contributed by atoms with E-state index in [-0.39, 0.29) is 18.4 Å². The number of fused-ring (bicyclic) bond motifs is 1. The molecule has 2 N–H and O–H groups in total. The second-order valence-electron chi connectivity index (χ2n) is 7.11. The highest BCUT2D eigenvalue weighted by Crippen LogP contribution is 2.25. The van der Waals surface area contributed by atoms with Gasteiger partial charge >= 0.3 is 0 Å². The summed E-state index contributed by atoms with van der Waals surface area (Å²) in [5, 5.41) is 11.1. The molecule has 3 aromatic heterocycles. The van der Waals surface area contributed by atoms with Crippen LogP contribution in [-0.4, -0.2) is 26.0 Å². The number of nitrogens with zero attached hydrogens (tertiary/aromatic N) is 3. The zero-order valence-corrected chi connectivity index (χ0v) is 17.3. The van der Waals surface area contributed by atoms with E-state index in [0.29, 0.717) is 18.1 Å². The fourth-order valence-electron chi connectivity index (χ4n) is 3.46. The highest BCUT2D eigenvalue weighted by Gasteiger charge is 2.18. The lowest BCUT2D eigenvalue weighted by atomic mass is 9.98. The molecular weight excluding hydrogens is 410 g/mol. The van der Waals surface area contributed by atoms with Crippen molar-refractivity contribution in [3.8, 4) is 11.4 Å². The van der Waals surface area contributed by atoms with Gasteiger partial charge < -0.3 is 14.8 Å². The molecule has 2 aromatic carbocycles. The molecule has 3 heterocycles. The third kappa shape index (κ3) is 4.24. The molecule has 0 fully saturated rings. The molecule has 5 rings (SSSR count). The van der Waals surface area contributed by atoms with Crippen LogP contribution in [0, 0.1) is 0 Å². The number of H-pyrrole nitrogens is 1. The maximum Gasteiger partial charge on any atom is 0.227 e. The fraction of sp³-hybridized carbons (Fsp3) is 0.130. The quantitative estimate of drug-likeness (QED) is 0.397. The Hall–Kier alpha value is -3.78. The van der Waals surface area contributed by atoms with Gasteiger partial charge in [-0.2, -0.15) is 16.3 Å². The molecule has 0 saturated heterocycles. The van der Waals surface area contributed by atoms with Crippen LogP contribution in [0.15, 0.2) is 76.2 Å². The summed E-state index contributed by atoms with van der Waals surface area (Å²) in [7, 11) is 0. The van der Waals surface area contributed by atoms with Gasteiger partial charge in [-0.05, 0) is 34.7 Å². The molecule has 0 aliphatic heterocycles. The second kappa shape index (κ2) is 8.53. The van der Waals surface area contributed by atoms with Gasteiger partial charge in [0.25, 0.3) is 0 Å². The number of carbonyl (C=O) groups is 1. The molecule has 0 bridgehead atoms. The first-order valence-corrected chi connectivity index (χ1v) is 10.8. The lowest BCUT2D eigenvalue weighted by molar-refractivity contribution is -0.121. The Labute approximate surface area is 182 Å². The average Bonchev–Trinajstić information content (AvgIpc) is 3.57. The Morgan fingerprint density at radius 2 is 2.03 bits per heavy atom. The molecule has 1 atom stereocenters. The van der Waals surface area contributed by atoms with Crippen LogP contribution >= 0.6 is 11.3 Å². The first-order valence-electron chi connectivity index (χ1n) is 9.89. The zero-order chi connectivity index (χ0) is 21.0. The van der Waals surface area contributed by atoms with Crippen LogP contribution in [0.2, 0.25) is 0 Å². The number of aromatic nitrogens is 4. The van der Waals surface area contributed by atoms with E-state index in [0.717, 1.165) is 27.7 Å². The van der Waals surface area contributed by atoms with Gasteiger partial charge in [0.15, 0.2) is 0 Å². The topological polar surface area (TPSA) is 96.7 Å². The molecule has 154 valence electrons. The summed E-state index contributed by atoms with van der Waals surface area (Å²) in [6.45, 7) is 0. The molecule has 31 heavy (non-hydrogen) atoms. The van der Waals surface area contributed by atoms with Crippen molar-refractivity contribution in [3.05, 3.63) is 88.7 Å². The number of hydrogen-bond donors (Lipinski definition) is 2. The number of aryl methyl sites for hydroxylation is 1. The number of thiophene rings is 1. The molecular formula is C23H19N5O2S. The van der Waals surface area contributed by atoms with Crippen LogP contribution in [-0.2, 0) is 11.2 Å². The van der Waals surface area contributed by atoms with Crippen LogP contribution in [0.1, 0.15) is 29.5 Å². The van der Waals surface area contributed by atoms with Gasteiger partial charge in [0.05, 0.1) is 23.4 Å². The normalized spacial score (nSPS) is 12.1. The Morgan fingerprint density at radius 1 is 1.13 bits per heavy atom. The fourth-order valence-corrected chi connectivity index (χ4v) is 4.09. The van der Waals surface area contributed by atoms with Gasteiger partial charge in [-0.15, -0.1) is 0 Å². The summed E-state index contributed by atoms with van der Waals surface area (Å²) in [6, 6.07) is 17.5. The lowest BCUT2D eigenvalue weighted by Gasteiger charge is -2.20. The third-order valence-electron chi connectivity index (χ3n) is 5.03. The van der Waals surface area contributed by atoms with Crippen LogP contribution in [0.3, 0.4) is 0 Å². The summed E-state index contributed by atoms with van der Waals surface area (Å²) in [5.74, 6) is 0.909. The van der Waals surface area contributed by atoms with E-state index in [4.69, 9.17) is 4.52 Å². The summed E-state index contributed by atoms with van der Waals surface area (Å²) in [5.41, 5.74) is 4.73. The molecule has 0 spiro atoms. The van der Waals surface area contributed by atoms with E-state index in [9.17, 15) is 4.79 Å². The molecule has 0 aliphatic carbocycles. The van der Waals surface area contributed by atoms with Crippen molar-refractivity contribution >= 4 is 28.3 Å². The number of imidazole rings is 1. The van der Waals surface area contributed by atoms with Crippen LogP contribution in [0.4, 0.5) is 0 Å². The van der Waals surface area contributed by atoms with E-state index >= 15 is 0 Å². The zero-order valence-electron chi connectivity index (χ0n) is 16.5. The summed E-state index contributed by atoms with van der Waals surface area (Å²) >= 11 is 1.57. The highest BCUT2D eigenvalue weighted by molar-refractivity contribution is 7.08. The van der Waals surface area contributed by atoms with E-state index in [1.54, 1.807) is 17.7 Å². The van der Waals surface area contributed by atoms with Gasteiger partial charge in [0.1, 0.15) is 0 Å². The number of carbonyl (C=O) groups excluding carboxylic acids is 1. The Balaban J connectivity index is 1.31. The monoisotopic (exact) mass is 429 g/mol. The number of benzene rings is 2.